The molecule has 0 aliphatic heterocycles. The minimum Gasteiger partial charge on any atom is -0.165 e. The van der Waals surface area contributed by atoms with Crippen LogP contribution in [0.3, 0.4) is 0 Å². The average molecular weight is 247 g/mol. The molecule has 0 aromatic heterocycles. The van der Waals surface area contributed by atoms with E-state index in [1.165, 1.54) is 62.2 Å². The number of unbranched alkanes of at least 4 members (excludes halogenated alkanes) is 6. The maximum atomic E-state index is 2.49. The SMILES string of the molecule is CCCSCCCC[CH]CCCCSC. The summed E-state index contributed by atoms with van der Waals surface area (Å²) in [5, 5.41) is 0. The van der Waals surface area contributed by atoms with Crippen molar-refractivity contribution in [2.24, 2.45) is 0 Å². The first-order chi connectivity index (χ1) is 7.41. The van der Waals surface area contributed by atoms with Crippen LogP contribution >= 0.6 is 23.5 Å². The van der Waals surface area contributed by atoms with Gasteiger partial charge < -0.3 is 0 Å². The van der Waals surface area contributed by atoms with Crippen molar-refractivity contribution in [2.45, 2.75) is 51.9 Å². The normalized spacial score (nSPS) is 10.8. The third-order valence-corrected chi connectivity index (χ3v) is 4.27. The Bertz CT molecular complexity index is 92.7. The topological polar surface area (TPSA) is 0 Å². The molecule has 1 radical (unpaired) electrons. The molecule has 0 N–H and O–H groups in total. The van der Waals surface area contributed by atoms with Crippen molar-refractivity contribution in [2.75, 3.05) is 23.5 Å². The maximum absolute atomic E-state index is 2.49. The molecule has 0 atom stereocenters. The van der Waals surface area contributed by atoms with Crippen molar-refractivity contribution < 1.29 is 0 Å². The highest BCUT2D eigenvalue weighted by atomic mass is 32.2. The molecule has 0 bridgehead atoms. The summed E-state index contributed by atoms with van der Waals surface area (Å²) in [5.41, 5.74) is 0. The van der Waals surface area contributed by atoms with Crippen LogP contribution in [0.2, 0.25) is 0 Å². The first-order valence-electron chi connectivity index (χ1n) is 6.30. The predicted molar refractivity (Wildman–Crippen MR) is 78.0 cm³/mol. The summed E-state index contributed by atoms with van der Waals surface area (Å²) in [6, 6.07) is 0. The van der Waals surface area contributed by atoms with Gasteiger partial charge in [0.15, 0.2) is 0 Å². The molecule has 91 valence electrons. The Kier molecular flexibility index (Phi) is 15.4. The van der Waals surface area contributed by atoms with Crippen molar-refractivity contribution in [3.8, 4) is 0 Å². The molecule has 0 spiro atoms. The van der Waals surface area contributed by atoms with E-state index < -0.39 is 0 Å². The van der Waals surface area contributed by atoms with E-state index in [-0.39, 0.29) is 0 Å². The van der Waals surface area contributed by atoms with E-state index >= 15 is 0 Å². The Hall–Kier alpha value is 0.700. The van der Waals surface area contributed by atoms with Gasteiger partial charge in [0.1, 0.15) is 0 Å². The van der Waals surface area contributed by atoms with Gasteiger partial charge in [0.05, 0.1) is 0 Å². The summed E-state index contributed by atoms with van der Waals surface area (Å²) >= 11 is 4.08. The quantitative estimate of drug-likeness (QED) is 0.443. The monoisotopic (exact) mass is 247 g/mol. The first kappa shape index (κ1) is 15.7. The van der Waals surface area contributed by atoms with E-state index in [2.05, 4.69) is 31.4 Å². The van der Waals surface area contributed by atoms with Crippen LogP contribution in [0.4, 0.5) is 0 Å². The number of thioether (sulfide) groups is 2. The molecule has 15 heavy (non-hydrogen) atoms. The van der Waals surface area contributed by atoms with Gasteiger partial charge in [-0.05, 0) is 49.2 Å². The van der Waals surface area contributed by atoms with Gasteiger partial charge in [0.25, 0.3) is 0 Å². The molecule has 0 saturated heterocycles. The smallest absolute Gasteiger partial charge is 0.00675 e. The van der Waals surface area contributed by atoms with Crippen LogP contribution in [0.5, 0.6) is 0 Å². The van der Waals surface area contributed by atoms with Crippen molar-refractivity contribution in [3.05, 3.63) is 6.42 Å². The summed E-state index contributed by atoms with van der Waals surface area (Å²) < 4.78 is 0. The molecule has 0 amide bonds. The van der Waals surface area contributed by atoms with Crippen LogP contribution < -0.4 is 0 Å². The van der Waals surface area contributed by atoms with Crippen molar-refractivity contribution in [1.82, 2.24) is 0 Å². The minimum atomic E-state index is 1.33. The van der Waals surface area contributed by atoms with Gasteiger partial charge in [0.2, 0.25) is 0 Å². The van der Waals surface area contributed by atoms with E-state index in [1.807, 2.05) is 11.8 Å². The minimum absolute atomic E-state index is 1.33. The zero-order valence-corrected chi connectivity index (χ0v) is 12.1. The molecule has 0 aromatic carbocycles. The van der Waals surface area contributed by atoms with E-state index in [9.17, 15) is 0 Å². The fourth-order valence-electron chi connectivity index (χ4n) is 1.42. The first-order valence-corrected chi connectivity index (χ1v) is 8.85. The lowest BCUT2D eigenvalue weighted by molar-refractivity contribution is 0.712. The summed E-state index contributed by atoms with van der Waals surface area (Å²) in [6.45, 7) is 2.26. The van der Waals surface area contributed by atoms with E-state index in [1.54, 1.807) is 0 Å². The Morgan fingerprint density at radius 2 is 1.53 bits per heavy atom. The number of hydrogen-bond acceptors (Lipinski definition) is 2. The maximum Gasteiger partial charge on any atom is -0.00675 e. The third kappa shape index (κ3) is 14.7. The number of hydrogen-bond donors (Lipinski definition) is 0. The lowest BCUT2D eigenvalue weighted by Gasteiger charge is -2.01. The summed E-state index contributed by atoms with van der Waals surface area (Å²) in [7, 11) is 0. The second-order valence-electron chi connectivity index (χ2n) is 3.89. The lowest BCUT2D eigenvalue weighted by atomic mass is 10.1. The lowest BCUT2D eigenvalue weighted by Crippen LogP contribution is -1.85. The van der Waals surface area contributed by atoms with Crippen molar-refractivity contribution in [1.29, 1.82) is 0 Å². The summed E-state index contributed by atoms with van der Waals surface area (Å²) in [6.07, 6.45) is 14.3. The third-order valence-electron chi connectivity index (χ3n) is 2.30. The molecular weight excluding hydrogens is 220 g/mol. The second-order valence-corrected chi connectivity index (χ2v) is 6.10. The van der Waals surface area contributed by atoms with Crippen LogP contribution in [-0.4, -0.2) is 23.5 Å². The molecule has 0 nitrogen and oxygen atoms in total. The van der Waals surface area contributed by atoms with E-state index in [0.717, 1.165) is 0 Å². The van der Waals surface area contributed by atoms with Crippen LogP contribution in [0.25, 0.3) is 0 Å². The predicted octanol–water partition coefficient (Wildman–Crippen LogP) is 5.04. The highest BCUT2D eigenvalue weighted by Gasteiger charge is 1.92. The molecular formula is C13H27S2. The number of rotatable bonds is 12. The molecule has 2 heteroatoms. The van der Waals surface area contributed by atoms with Gasteiger partial charge >= 0.3 is 0 Å². The molecule has 0 aliphatic carbocycles. The van der Waals surface area contributed by atoms with Crippen molar-refractivity contribution in [3.63, 3.8) is 0 Å². The van der Waals surface area contributed by atoms with Gasteiger partial charge in [-0.2, -0.15) is 23.5 Å². The van der Waals surface area contributed by atoms with Crippen LogP contribution in [0.1, 0.15) is 51.9 Å². The Morgan fingerprint density at radius 1 is 0.867 bits per heavy atom. The van der Waals surface area contributed by atoms with Gasteiger partial charge in [-0.1, -0.05) is 32.6 Å². The largest absolute Gasteiger partial charge is 0.165 e. The van der Waals surface area contributed by atoms with Crippen LogP contribution in [0, 0.1) is 6.42 Å². The summed E-state index contributed by atoms with van der Waals surface area (Å²) in [4.78, 5) is 0. The van der Waals surface area contributed by atoms with Crippen LogP contribution in [-0.2, 0) is 0 Å². The van der Waals surface area contributed by atoms with E-state index in [0.29, 0.717) is 0 Å². The second kappa shape index (κ2) is 14.7. The standard InChI is InChI=1S/C13H27S2/c1-3-11-15-13-10-8-6-4-5-7-9-12-14-2/h4H,3,5-13H2,1-2H3. The van der Waals surface area contributed by atoms with Gasteiger partial charge in [-0.25, -0.2) is 0 Å². The van der Waals surface area contributed by atoms with Gasteiger partial charge in [-0.15, -0.1) is 0 Å². The van der Waals surface area contributed by atoms with E-state index in [4.69, 9.17) is 0 Å². The highest BCUT2D eigenvalue weighted by Crippen LogP contribution is 2.11. The molecule has 0 heterocycles. The fraction of sp³-hybridized carbons (Fsp3) is 0.923. The van der Waals surface area contributed by atoms with Gasteiger partial charge in [0, 0.05) is 0 Å². The van der Waals surface area contributed by atoms with Gasteiger partial charge in [-0.3, -0.25) is 0 Å². The molecule has 0 fully saturated rings. The average Bonchev–Trinajstić information content (AvgIpc) is 2.26. The van der Waals surface area contributed by atoms with Crippen LogP contribution in [0.15, 0.2) is 0 Å². The summed E-state index contributed by atoms with van der Waals surface area (Å²) in [5.74, 6) is 4.05. The Balaban J connectivity index is 2.81. The zero-order valence-electron chi connectivity index (χ0n) is 10.5. The Morgan fingerprint density at radius 3 is 2.13 bits per heavy atom. The fourth-order valence-corrected chi connectivity index (χ4v) is 2.81. The highest BCUT2D eigenvalue weighted by molar-refractivity contribution is 7.99. The molecule has 0 aliphatic rings. The molecule has 0 rings (SSSR count). The van der Waals surface area contributed by atoms with Crippen molar-refractivity contribution >= 4 is 23.5 Å². The zero-order chi connectivity index (χ0) is 11.2. The Labute approximate surface area is 105 Å². The molecule has 0 saturated carbocycles. The molecule has 0 aromatic rings. The molecule has 0 unspecified atom stereocenters.